The highest BCUT2D eigenvalue weighted by molar-refractivity contribution is 9.10. The molecule has 0 bridgehead atoms. The van der Waals surface area contributed by atoms with Gasteiger partial charge in [-0.15, -0.1) is 0 Å². The number of benzene rings is 3. The molecule has 0 spiro atoms. The number of carbonyl (C=O) groups is 2. The number of fused-ring (bicyclic) bond motifs is 1. The standard InChI is InChI=1S/C37H33BrF3N7O4/c1-21-18-47-31(19-46(21)35(50)22-7-14-29(38)28(15-22)37(39,40)41)33(48(36(47)51)24-8-10-25(11-9-24)52-26-12-13-26)34(49)43-17-23-5-3-4-6-27(23)30-16-32(42-2)45-20-44-30/h3-11,14-16,20-21,26H,12-13,17-19H2,1-2H3,(H,43,49)(H,42,44,45)/t21-/m1/s1. The zero-order valence-corrected chi connectivity index (χ0v) is 29.7. The van der Waals surface area contributed by atoms with Gasteiger partial charge in [0.2, 0.25) is 0 Å². The van der Waals surface area contributed by atoms with E-state index in [0.29, 0.717) is 22.9 Å². The third-order valence-electron chi connectivity index (χ3n) is 9.12. The van der Waals surface area contributed by atoms with Crippen molar-refractivity contribution in [3.63, 3.8) is 0 Å². The summed E-state index contributed by atoms with van der Waals surface area (Å²) in [5, 5.41) is 5.95. The molecule has 15 heteroatoms. The van der Waals surface area contributed by atoms with Gasteiger partial charge in [0.05, 0.1) is 35.3 Å². The van der Waals surface area contributed by atoms with Crippen molar-refractivity contribution < 1.29 is 27.5 Å². The van der Waals surface area contributed by atoms with Crippen LogP contribution in [0.5, 0.6) is 5.75 Å². The minimum absolute atomic E-state index is 0.00864. The number of imidazole rings is 1. The van der Waals surface area contributed by atoms with Crippen LogP contribution in [0.25, 0.3) is 16.9 Å². The number of hydrogen-bond donors (Lipinski definition) is 2. The molecule has 1 saturated carbocycles. The van der Waals surface area contributed by atoms with E-state index in [9.17, 15) is 27.6 Å². The van der Waals surface area contributed by atoms with Crippen LogP contribution in [0.4, 0.5) is 19.0 Å². The molecule has 11 nitrogen and oxygen atoms in total. The van der Waals surface area contributed by atoms with E-state index in [2.05, 4.69) is 36.5 Å². The van der Waals surface area contributed by atoms with Crippen molar-refractivity contribution in [3.8, 4) is 22.7 Å². The predicted octanol–water partition coefficient (Wildman–Crippen LogP) is 6.43. The number of nitrogens with one attached hydrogen (secondary N) is 2. The molecule has 7 rings (SSSR count). The highest BCUT2D eigenvalue weighted by Gasteiger charge is 2.37. The first-order valence-electron chi connectivity index (χ1n) is 16.6. The van der Waals surface area contributed by atoms with Crippen LogP contribution >= 0.6 is 15.9 Å². The minimum atomic E-state index is -4.69. The lowest BCUT2D eigenvalue weighted by Crippen LogP contribution is -2.47. The van der Waals surface area contributed by atoms with Crippen molar-refractivity contribution in [2.45, 2.75) is 57.7 Å². The van der Waals surface area contributed by atoms with Crippen molar-refractivity contribution in [1.82, 2.24) is 29.3 Å². The number of ether oxygens (including phenoxy) is 1. The summed E-state index contributed by atoms with van der Waals surface area (Å²) in [6, 6.07) is 18.8. The van der Waals surface area contributed by atoms with Gasteiger partial charge in [0.15, 0.2) is 0 Å². The summed E-state index contributed by atoms with van der Waals surface area (Å²) in [7, 11) is 1.75. The normalized spacial score (nSPS) is 15.6. The second-order valence-corrected chi connectivity index (χ2v) is 13.5. The van der Waals surface area contributed by atoms with Crippen molar-refractivity contribution in [1.29, 1.82) is 0 Å². The van der Waals surface area contributed by atoms with Gasteiger partial charge in [0.1, 0.15) is 23.6 Å². The Morgan fingerprint density at radius 1 is 1.02 bits per heavy atom. The summed E-state index contributed by atoms with van der Waals surface area (Å²) in [6.07, 6.45) is -1.14. The highest BCUT2D eigenvalue weighted by atomic mass is 79.9. The first-order chi connectivity index (χ1) is 24.9. The zero-order chi connectivity index (χ0) is 36.7. The van der Waals surface area contributed by atoms with Crippen LogP contribution < -0.4 is 21.1 Å². The Kier molecular flexibility index (Phi) is 9.38. The number of halogens is 4. The highest BCUT2D eigenvalue weighted by Crippen LogP contribution is 2.36. The number of aromatic nitrogens is 4. The summed E-state index contributed by atoms with van der Waals surface area (Å²) < 4.78 is 49.7. The van der Waals surface area contributed by atoms with Crippen LogP contribution in [0.3, 0.4) is 0 Å². The number of anilines is 1. The molecule has 2 aliphatic rings. The minimum Gasteiger partial charge on any atom is -0.490 e. The second kappa shape index (κ2) is 13.9. The van der Waals surface area contributed by atoms with Gasteiger partial charge in [-0.3, -0.25) is 18.7 Å². The van der Waals surface area contributed by atoms with Crippen molar-refractivity contribution in [2.75, 3.05) is 12.4 Å². The van der Waals surface area contributed by atoms with Gasteiger partial charge >= 0.3 is 11.9 Å². The van der Waals surface area contributed by atoms with Crippen LogP contribution in [0, 0.1) is 0 Å². The summed E-state index contributed by atoms with van der Waals surface area (Å²) in [4.78, 5) is 52.2. The van der Waals surface area contributed by atoms with Crippen LogP contribution in [0.2, 0.25) is 0 Å². The fourth-order valence-corrected chi connectivity index (χ4v) is 6.75. The van der Waals surface area contributed by atoms with E-state index >= 15 is 0 Å². The Balaban J connectivity index is 1.25. The summed E-state index contributed by atoms with van der Waals surface area (Å²) in [5.74, 6) is 0.00945. The molecular formula is C37H33BrF3N7O4. The summed E-state index contributed by atoms with van der Waals surface area (Å²) in [5.41, 5.74) is 1.19. The van der Waals surface area contributed by atoms with Gasteiger partial charge in [0.25, 0.3) is 11.8 Å². The molecule has 3 aromatic carbocycles. The lowest BCUT2D eigenvalue weighted by atomic mass is 10.0. The number of carbonyl (C=O) groups excluding carboxylic acids is 2. The maximum Gasteiger partial charge on any atom is 0.417 e. The molecular weight excluding hydrogens is 743 g/mol. The lowest BCUT2D eigenvalue weighted by Gasteiger charge is -2.34. The van der Waals surface area contributed by atoms with Crippen LogP contribution in [-0.4, -0.2) is 55.0 Å². The molecule has 1 aliphatic carbocycles. The number of nitrogens with zero attached hydrogens (tertiary/aromatic N) is 5. The Labute approximate surface area is 304 Å². The predicted molar refractivity (Wildman–Crippen MR) is 190 cm³/mol. The quantitative estimate of drug-likeness (QED) is 0.177. The molecule has 2 aromatic heterocycles. The van der Waals surface area contributed by atoms with E-state index in [4.69, 9.17) is 4.74 Å². The Morgan fingerprint density at radius 3 is 2.48 bits per heavy atom. The monoisotopic (exact) mass is 775 g/mol. The average Bonchev–Trinajstić information content (AvgIpc) is 3.92. The number of hydrogen-bond acceptors (Lipinski definition) is 7. The van der Waals surface area contributed by atoms with E-state index in [1.54, 1.807) is 44.3 Å². The molecule has 0 unspecified atom stereocenters. The van der Waals surface area contributed by atoms with Crippen molar-refractivity contribution in [2.24, 2.45) is 0 Å². The van der Waals surface area contributed by atoms with Gasteiger partial charge in [-0.25, -0.2) is 14.8 Å². The molecule has 2 N–H and O–H groups in total. The molecule has 2 amide bonds. The third-order valence-corrected chi connectivity index (χ3v) is 9.81. The Hall–Kier alpha value is -5.44. The number of alkyl halides is 3. The smallest absolute Gasteiger partial charge is 0.417 e. The van der Waals surface area contributed by atoms with Gasteiger partial charge in [-0.2, -0.15) is 13.2 Å². The molecule has 0 saturated heterocycles. The fraction of sp³-hybridized carbons (Fsp3) is 0.270. The van der Waals surface area contributed by atoms with Gasteiger partial charge in [-0.05, 0) is 67.8 Å². The summed E-state index contributed by atoms with van der Waals surface area (Å²) in [6.45, 7) is 1.60. The molecule has 3 heterocycles. The third kappa shape index (κ3) is 6.92. The van der Waals surface area contributed by atoms with Crippen molar-refractivity contribution >= 4 is 33.6 Å². The van der Waals surface area contributed by atoms with E-state index in [-0.39, 0.29) is 47.2 Å². The van der Waals surface area contributed by atoms with E-state index in [1.807, 2.05) is 24.3 Å². The number of rotatable bonds is 9. The molecule has 1 atom stereocenters. The molecule has 1 aliphatic heterocycles. The van der Waals surface area contributed by atoms with Crippen LogP contribution in [0.15, 0.2) is 88.4 Å². The first-order valence-corrected chi connectivity index (χ1v) is 17.4. The molecule has 0 radical (unpaired) electrons. The van der Waals surface area contributed by atoms with Gasteiger partial charge < -0.3 is 20.3 Å². The molecule has 268 valence electrons. The molecule has 1 fully saturated rings. The fourth-order valence-electron chi connectivity index (χ4n) is 6.28. The Morgan fingerprint density at radius 2 is 1.77 bits per heavy atom. The molecule has 5 aromatic rings. The molecule has 52 heavy (non-hydrogen) atoms. The van der Waals surface area contributed by atoms with Gasteiger partial charge in [-0.1, -0.05) is 40.2 Å². The topological polar surface area (TPSA) is 123 Å². The number of amides is 2. The van der Waals surface area contributed by atoms with Crippen LogP contribution in [0.1, 0.15) is 57.4 Å². The first kappa shape index (κ1) is 35.0. The lowest BCUT2D eigenvalue weighted by molar-refractivity contribution is -0.138. The van der Waals surface area contributed by atoms with E-state index in [1.165, 1.54) is 32.5 Å². The van der Waals surface area contributed by atoms with Crippen molar-refractivity contribution in [3.05, 3.63) is 122 Å². The van der Waals surface area contributed by atoms with E-state index < -0.39 is 35.3 Å². The zero-order valence-electron chi connectivity index (χ0n) is 28.1. The average molecular weight is 777 g/mol. The summed E-state index contributed by atoms with van der Waals surface area (Å²) >= 11 is 2.93. The van der Waals surface area contributed by atoms with Crippen LogP contribution in [-0.2, 0) is 25.8 Å². The maximum atomic E-state index is 14.3. The maximum absolute atomic E-state index is 14.3. The van der Waals surface area contributed by atoms with E-state index in [0.717, 1.165) is 30.0 Å². The van der Waals surface area contributed by atoms with Gasteiger partial charge in [0, 0.05) is 47.8 Å². The SMILES string of the molecule is CNc1cc(-c2ccccc2CNC(=O)c2c3n(c(=O)n2-c2ccc(OC4CC4)cc2)C[C@@H](C)N(C(=O)c2ccc(Br)c(C(F)(F)F)c2)C3)ncn1. The Bertz CT molecular complexity index is 2230. The second-order valence-electron chi connectivity index (χ2n) is 12.7. The largest absolute Gasteiger partial charge is 0.490 e.